The molecule has 31 heavy (non-hydrogen) atoms. The van der Waals surface area contributed by atoms with Crippen LogP contribution < -0.4 is 5.32 Å². The molecule has 1 saturated heterocycles. The highest BCUT2D eigenvalue weighted by Crippen LogP contribution is 2.28. The van der Waals surface area contributed by atoms with Gasteiger partial charge in [-0.15, -0.1) is 0 Å². The van der Waals surface area contributed by atoms with E-state index in [4.69, 9.17) is 28.1 Å². The van der Waals surface area contributed by atoms with E-state index in [1.807, 2.05) is 0 Å². The van der Waals surface area contributed by atoms with Crippen LogP contribution in [0.5, 0.6) is 0 Å². The molecule has 1 N–H and O–H groups in total. The summed E-state index contributed by atoms with van der Waals surface area (Å²) in [7, 11) is 0. The van der Waals surface area contributed by atoms with Crippen molar-refractivity contribution >= 4 is 29.8 Å². The monoisotopic (exact) mass is 441 g/mol. The van der Waals surface area contributed by atoms with Gasteiger partial charge >= 0.3 is 23.9 Å². The number of carbonyl (C=O) groups excluding carboxylic acids is 5. The van der Waals surface area contributed by atoms with Gasteiger partial charge in [-0.25, -0.2) is 0 Å². The lowest BCUT2D eigenvalue weighted by molar-refractivity contribution is -0.270. The molecule has 1 aliphatic heterocycles. The summed E-state index contributed by atoms with van der Waals surface area (Å²) in [5.74, 6) is -3.73. The summed E-state index contributed by atoms with van der Waals surface area (Å²) in [6.45, 7) is 4.08. The van der Waals surface area contributed by atoms with Gasteiger partial charge in [0.15, 0.2) is 18.0 Å². The Morgan fingerprint density at radius 2 is 1.52 bits per heavy atom. The van der Waals surface area contributed by atoms with E-state index in [2.05, 4.69) is 5.32 Å². The number of ether oxygens (including phenoxy) is 5. The van der Waals surface area contributed by atoms with Crippen LogP contribution in [0.2, 0.25) is 0 Å². The molecule has 12 heteroatoms. The van der Waals surface area contributed by atoms with Crippen molar-refractivity contribution in [2.24, 2.45) is 0 Å². The van der Waals surface area contributed by atoms with Crippen molar-refractivity contribution in [3.63, 3.8) is 0 Å². The molecule has 2 heterocycles. The topological polar surface area (TPSA) is 157 Å². The minimum Gasteiger partial charge on any atom is -0.463 e. The molecular formula is C19H23NO11. The smallest absolute Gasteiger partial charge is 0.305 e. The molecule has 0 bridgehead atoms. The molecule has 0 aliphatic carbocycles. The molecule has 5 atom stereocenters. The fourth-order valence-corrected chi connectivity index (χ4v) is 2.95. The quantitative estimate of drug-likeness (QED) is 0.452. The lowest BCUT2D eigenvalue weighted by Gasteiger charge is -2.44. The Bertz CT molecular complexity index is 819. The number of amides is 1. The maximum Gasteiger partial charge on any atom is 0.305 e. The fraction of sp³-hybridized carbons (Fsp3) is 0.526. The van der Waals surface area contributed by atoms with Crippen LogP contribution in [0, 0.1) is 0 Å². The van der Waals surface area contributed by atoms with Gasteiger partial charge in [0.2, 0.25) is 6.29 Å². The van der Waals surface area contributed by atoms with Gasteiger partial charge in [0.1, 0.15) is 18.8 Å². The van der Waals surface area contributed by atoms with Crippen molar-refractivity contribution in [2.45, 2.75) is 58.3 Å². The summed E-state index contributed by atoms with van der Waals surface area (Å²) in [5, 5.41) is 2.51. The fourth-order valence-electron chi connectivity index (χ4n) is 2.95. The normalized spacial score (nSPS) is 25.1. The lowest BCUT2D eigenvalue weighted by atomic mass is 9.96. The van der Waals surface area contributed by atoms with E-state index in [1.54, 1.807) is 0 Å². The Kier molecular flexibility index (Phi) is 8.14. The summed E-state index contributed by atoms with van der Waals surface area (Å²) in [4.78, 5) is 58.9. The van der Waals surface area contributed by atoms with Gasteiger partial charge in [0, 0.05) is 27.7 Å². The standard InChI is InChI=1S/C19H23NO11/c1-9(21)27-8-14-16(28-10(2)22)17(29-11(3)23)15(19(31-14)30-12(4)24)20-18(25)13-6-5-7-26-13/h5-7,14-17,19H,8H2,1-4H3,(H,20,25)/t14-,15-,16-,17-,19-/m1/s1. The van der Waals surface area contributed by atoms with Crippen LogP contribution in [0.3, 0.4) is 0 Å². The molecule has 1 aromatic heterocycles. The second-order valence-corrected chi connectivity index (χ2v) is 6.58. The Morgan fingerprint density at radius 1 is 0.903 bits per heavy atom. The number of hydrogen-bond acceptors (Lipinski definition) is 11. The van der Waals surface area contributed by atoms with Crippen molar-refractivity contribution in [3.05, 3.63) is 24.2 Å². The second-order valence-electron chi connectivity index (χ2n) is 6.58. The molecule has 1 fully saturated rings. The van der Waals surface area contributed by atoms with Crippen LogP contribution in [0.1, 0.15) is 38.2 Å². The summed E-state index contributed by atoms with van der Waals surface area (Å²) in [5.41, 5.74) is 0. The number of carbonyl (C=O) groups is 5. The van der Waals surface area contributed by atoms with E-state index < -0.39 is 67.0 Å². The summed E-state index contributed by atoms with van der Waals surface area (Å²) in [6.07, 6.45) is -4.00. The van der Waals surface area contributed by atoms with Crippen molar-refractivity contribution in [2.75, 3.05) is 6.61 Å². The van der Waals surface area contributed by atoms with Crippen molar-refractivity contribution in [3.8, 4) is 0 Å². The van der Waals surface area contributed by atoms with Gasteiger partial charge in [-0.2, -0.15) is 0 Å². The highest BCUT2D eigenvalue weighted by Gasteiger charge is 2.52. The molecular weight excluding hydrogens is 418 g/mol. The zero-order valence-electron chi connectivity index (χ0n) is 17.3. The van der Waals surface area contributed by atoms with E-state index in [-0.39, 0.29) is 5.76 Å². The van der Waals surface area contributed by atoms with Crippen molar-refractivity contribution in [1.82, 2.24) is 5.32 Å². The average Bonchev–Trinajstić information content (AvgIpc) is 3.18. The summed E-state index contributed by atoms with van der Waals surface area (Å²) < 4.78 is 31.4. The zero-order chi connectivity index (χ0) is 23.1. The molecule has 0 aromatic carbocycles. The minimum absolute atomic E-state index is 0.0748. The first kappa shape index (κ1) is 23.9. The molecule has 170 valence electrons. The molecule has 1 aliphatic rings. The van der Waals surface area contributed by atoms with Crippen LogP contribution in [0.15, 0.2) is 22.8 Å². The third-order valence-electron chi connectivity index (χ3n) is 4.03. The van der Waals surface area contributed by atoms with Crippen LogP contribution in [0.4, 0.5) is 0 Å². The van der Waals surface area contributed by atoms with E-state index in [0.717, 1.165) is 27.7 Å². The van der Waals surface area contributed by atoms with Gasteiger partial charge in [-0.1, -0.05) is 0 Å². The first-order valence-corrected chi connectivity index (χ1v) is 9.23. The number of rotatable bonds is 7. The molecule has 1 aromatic rings. The van der Waals surface area contributed by atoms with Gasteiger partial charge in [0.05, 0.1) is 6.26 Å². The Labute approximate surface area is 177 Å². The number of nitrogens with one attached hydrogen (secondary N) is 1. The maximum atomic E-state index is 12.5. The maximum absolute atomic E-state index is 12.5. The first-order chi connectivity index (χ1) is 14.6. The molecule has 12 nitrogen and oxygen atoms in total. The van der Waals surface area contributed by atoms with E-state index >= 15 is 0 Å². The van der Waals surface area contributed by atoms with Crippen LogP contribution in [0.25, 0.3) is 0 Å². The number of esters is 4. The largest absolute Gasteiger partial charge is 0.463 e. The Balaban J connectivity index is 2.42. The van der Waals surface area contributed by atoms with E-state index in [1.165, 1.54) is 18.4 Å². The molecule has 2 rings (SSSR count). The van der Waals surface area contributed by atoms with Crippen LogP contribution in [-0.4, -0.2) is 67.0 Å². The zero-order valence-corrected chi connectivity index (χ0v) is 17.3. The second kappa shape index (κ2) is 10.6. The van der Waals surface area contributed by atoms with E-state index in [9.17, 15) is 24.0 Å². The minimum atomic E-state index is -1.46. The summed E-state index contributed by atoms with van der Waals surface area (Å²) >= 11 is 0. The number of furan rings is 1. The molecule has 0 radical (unpaired) electrons. The van der Waals surface area contributed by atoms with E-state index in [0.29, 0.717) is 0 Å². The molecule has 0 saturated carbocycles. The lowest BCUT2D eigenvalue weighted by Crippen LogP contribution is -2.67. The van der Waals surface area contributed by atoms with Crippen LogP contribution in [-0.2, 0) is 42.9 Å². The molecule has 1 amide bonds. The summed E-state index contributed by atoms with van der Waals surface area (Å²) in [6, 6.07) is 1.58. The third-order valence-corrected chi connectivity index (χ3v) is 4.03. The Hall–Kier alpha value is -3.41. The predicted octanol–water partition coefficient (Wildman–Crippen LogP) is 0.0925. The predicted molar refractivity (Wildman–Crippen MR) is 98.1 cm³/mol. The van der Waals surface area contributed by atoms with Gasteiger partial charge in [0.25, 0.3) is 5.91 Å². The first-order valence-electron chi connectivity index (χ1n) is 9.23. The van der Waals surface area contributed by atoms with Gasteiger partial charge in [-0.3, -0.25) is 24.0 Å². The SMILES string of the molecule is CC(=O)OC[C@H]1O[C@@H](OC(C)=O)[C@H](NC(=O)c2ccco2)[C@@H](OC(C)=O)[C@@H]1OC(C)=O. The highest BCUT2D eigenvalue weighted by molar-refractivity contribution is 5.91. The molecule has 0 unspecified atom stereocenters. The number of hydrogen-bond donors (Lipinski definition) is 1. The van der Waals surface area contributed by atoms with Crippen LogP contribution >= 0.6 is 0 Å². The van der Waals surface area contributed by atoms with Gasteiger partial charge < -0.3 is 33.4 Å². The molecule has 0 spiro atoms. The highest BCUT2D eigenvalue weighted by atomic mass is 16.7. The van der Waals surface area contributed by atoms with Gasteiger partial charge in [-0.05, 0) is 12.1 Å². The average molecular weight is 441 g/mol. The van der Waals surface area contributed by atoms with Crippen molar-refractivity contribution < 1.29 is 52.1 Å². The van der Waals surface area contributed by atoms with Crippen molar-refractivity contribution in [1.29, 1.82) is 0 Å². The Morgan fingerprint density at radius 3 is 2.03 bits per heavy atom. The third kappa shape index (κ3) is 6.81.